The second kappa shape index (κ2) is 11.7. The number of anilines is 1. The fourth-order valence-electron chi connectivity index (χ4n) is 5.41. The van der Waals surface area contributed by atoms with Crippen LogP contribution in [0.4, 0.5) is 16.3 Å². The molecule has 16 nitrogen and oxygen atoms in total. The van der Waals surface area contributed by atoms with Crippen LogP contribution in [0.2, 0.25) is 0 Å². The molecule has 1 saturated carbocycles. The Morgan fingerprint density at radius 2 is 1.84 bits per heavy atom. The molecule has 6 rings (SSSR count). The van der Waals surface area contributed by atoms with Crippen molar-refractivity contribution in [2.75, 3.05) is 18.8 Å². The molecule has 2 amide bonds. The van der Waals surface area contributed by atoms with Crippen LogP contribution >= 0.6 is 0 Å². The molecule has 5 N–H and O–H groups in total. The van der Waals surface area contributed by atoms with E-state index < -0.39 is 41.5 Å². The third-order valence-corrected chi connectivity index (χ3v) is 8.04. The zero-order chi connectivity index (χ0) is 30.2. The van der Waals surface area contributed by atoms with Crippen molar-refractivity contribution in [3.8, 4) is 0 Å². The molecule has 16 heteroatoms. The van der Waals surface area contributed by atoms with Crippen molar-refractivity contribution < 1.29 is 34.2 Å². The monoisotopic (exact) mass is 596 g/mol. The van der Waals surface area contributed by atoms with Gasteiger partial charge in [0.25, 0.3) is 11.6 Å². The van der Waals surface area contributed by atoms with E-state index in [-0.39, 0.29) is 30.1 Å². The van der Waals surface area contributed by atoms with Gasteiger partial charge in [0, 0.05) is 37.7 Å². The van der Waals surface area contributed by atoms with Crippen LogP contribution in [0.25, 0.3) is 11.2 Å². The van der Waals surface area contributed by atoms with Crippen molar-refractivity contribution >= 4 is 34.7 Å². The van der Waals surface area contributed by atoms with Gasteiger partial charge >= 0.3 is 6.09 Å². The highest BCUT2D eigenvalue weighted by atomic mass is 16.6. The largest absolute Gasteiger partial charge is 0.445 e. The van der Waals surface area contributed by atoms with Crippen LogP contribution in [-0.4, -0.2) is 89.0 Å². The van der Waals surface area contributed by atoms with E-state index in [4.69, 9.17) is 15.2 Å². The topological polar surface area (TPSA) is 221 Å². The molecule has 1 aliphatic carbocycles. The van der Waals surface area contributed by atoms with Crippen molar-refractivity contribution in [2.24, 2.45) is 5.92 Å². The molecule has 4 heterocycles. The van der Waals surface area contributed by atoms with Crippen molar-refractivity contribution in [2.45, 2.75) is 69.3 Å². The summed E-state index contributed by atoms with van der Waals surface area (Å²) in [6.07, 6.45) is -0.616. The van der Waals surface area contributed by atoms with Gasteiger partial charge in [-0.1, -0.05) is 0 Å². The average Bonchev–Trinajstić information content (AvgIpc) is 3.63. The summed E-state index contributed by atoms with van der Waals surface area (Å²) < 4.78 is 12.6. The molecule has 43 heavy (non-hydrogen) atoms. The molecule has 2 aromatic heterocycles. The molecule has 0 spiro atoms. The predicted molar refractivity (Wildman–Crippen MR) is 148 cm³/mol. The summed E-state index contributed by atoms with van der Waals surface area (Å²) in [5.74, 6) is 0.305. The third-order valence-electron chi connectivity index (χ3n) is 8.04. The predicted octanol–water partition coefficient (Wildman–Crippen LogP) is 0.806. The normalized spacial score (nSPS) is 24.3. The lowest BCUT2D eigenvalue weighted by molar-refractivity contribution is -0.384. The number of hydrogen-bond donors (Lipinski definition) is 4. The van der Waals surface area contributed by atoms with Gasteiger partial charge in [0.15, 0.2) is 23.8 Å². The molecular formula is C27H32N8O8. The summed E-state index contributed by atoms with van der Waals surface area (Å²) >= 11 is 0. The Hall–Kier alpha value is -4.41. The lowest BCUT2D eigenvalue weighted by Crippen LogP contribution is -2.43. The molecule has 1 aromatic carbocycles. The smallest absolute Gasteiger partial charge is 0.410 e. The van der Waals surface area contributed by atoms with Gasteiger partial charge in [-0.2, -0.15) is 0 Å². The highest BCUT2D eigenvalue weighted by Gasteiger charge is 2.48. The molecule has 2 unspecified atom stereocenters. The first-order valence-corrected chi connectivity index (χ1v) is 14.1. The van der Waals surface area contributed by atoms with Crippen molar-refractivity contribution in [3.63, 3.8) is 0 Å². The van der Waals surface area contributed by atoms with Gasteiger partial charge in [-0.05, 0) is 49.3 Å². The van der Waals surface area contributed by atoms with Crippen molar-refractivity contribution in [1.29, 1.82) is 0 Å². The second-order valence-corrected chi connectivity index (χ2v) is 11.2. The van der Waals surface area contributed by atoms with E-state index in [2.05, 4.69) is 20.3 Å². The number of hydrogen-bond acceptors (Lipinski definition) is 12. The number of aliphatic hydroxyl groups excluding tert-OH is 2. The van der Waals surface area contributed by atoms with Crippen LogP contribution < -0.4 is 11.1 Å². The van der Waals surface area contributed by atoms with Gasteiger partial charge in [-0.15, -0.1) is 0 Å². The number of fused-ring (bicyclic) bond motifs is 1. The van der Waals surface area contributed by atoms with E-state index in [9.17, 15) is 29.9 Å². The minimum absolute atomic E-state index is 0.0138. The third kappa shape index (κ3) is 6.07. The lowest BCUT2D eigenvalue weighted by Gasteiger charge is -2.31. The van der Waals surface area contributed by atoms with E-state index in [0.29, 0.717) is 54.9 Å². The van der Waals surface area contributed by atoms with Gasteiger partial charge in [-0.3, -0.25) is 19.5 Å². The molecule has 2 saturated heterocycles. The maximum atomic E-state index is 12.6. The Balaban J connectivity index is 1.06. The Labute approximate surface area is 245 Å². The summed E-state index contributed by atoms with van der Waals surface area (Å²) in [6.45, 7) is 0.966. The Bertz CT molecular complexity index is 1520. The molecule has 0 radical (unpaired) electrons. The number of carbonyl (C=O) groups is 2. The van der Waals surface area contributed by atoms with Crippen LogP contribution in [-0.2, 0) is 27.3 Å². The number of ether oxygens (including phenoxy) is 2. The summed E-state index contributed by atoms with van der Waals surface area (Å²) in [5.41, 5.74) is 7.44. The van der Waals surface area contributed by atoms with Gasteiger partial charge in [-0.25, -0.2) is 19.7 Å². The summed E-state index contributed by atoms with van der Waals surface area (Å²) in [6, 6.07) is 5.91. The maximum absolute atomic E-state index is 12.6. The fourth-order valence-corrected chi connectivity index (χ4v) is 5.41. The molecule has 228 valence electrons. The van der Waals surface area contributed by atoms with Crippen molar-refractivity contribution in [3.05, 3.63) is 52.1 Å². The fraction of sp³-hybridized carbons (Fsp3) is 0.519. The van der Waals surface area contributed by atoms with Gasteiger partial charge < -0.3 is 35.6 Å². The zero-order valence-corrected chi connectivity index (χ0v) is 23.1. The standard InChI is InChI=1S/C27H32N8O8/c28-23-19-24(34(13-29-19)26-21(37)20(36)22(43-26)25(38)30-16-3-4-16)32-18(31-23)11-14-7-9-33(10-8-14)27(39)42-12-15-1-5-17(6-2-15)35(40)41/h1-2,5-6,13-14,16,20-22,26,36-37H,3-4,7-12H2,(H,30,38)(H2,28,31,32)/t20?,21?,22-,26+/m0/s1. The van der Waals surface area contributed by atoms with Gasteiger partial charge in [0.05, 0.1) is 11.3 Å². The number of likely N-dealkylation sites (tertiary alicyclic amines) is 1. The average molecular weight is 597 g/mol. The number of benzene rings is 1. The van der Waals surface area contributed by atoms with Gasteiger partial charge in [0.2, 0.25) is 0 Å². The Morgan fingerprint density at radius 1 is 1.12 bits per heavy atom. The molecule has 4 atom stereocenters. The van der Waals surface area contributed by atoms with Gasteiger partial charge in [0.1, 0.15) is 30.2 Å². The SMILES string of the molecule is Nc1nc(CC2CCN(C(=O)OCc3ccc([N+](=O)[O-])cc3)CC2)nc2c1ncn2[C@@H]1O[C@H](C(=O)NC2CC2)C(O)C1O. The summed E-state index contributed by atoms with van der Waals surface area (Å²) in [5, 5.41) is 34.8. The maximum Gasteiger partial charge on any atom is 0.410 e. The van der Waals surface area contributed by atoms with E-state index >= 15 is 0 Å². The van der Waals surface area contributed by atoms with Crippen LogP contribution in [0.15, 0.2) is 30.6 Å². The Kier molecular flexibility index (Phi) is 7.81. The minimum Gasteiger partial charge on any atom is -0.445 e. The summed E-state index contributed by atoms with van der Waals surface area (Å²) in [7, 11) is 0. The molecule has 3 aliphatic rings. The van der Waals surface area contributed by atoms with E-state index in [1.54, 1.807) is 17.0 Å². The number of carbonyl (C=O) groups excluding carboxylic acids is 2. The molecule has 3 fully saturated rings. The number of rotatable bonds is 8. The van der Waals surface area contributed by atoms with Crippen LogP contribution in [0.5, 0.6) is 0 Å². The number of nitro benzene ring substituents is 1. The zero-order valence-electron chi connectivity index (χ0n) is 23.1. The number of non-ortho nitro benzene ring substituents is 1. The van der Waals surface area contributed by atoms with Crippen LogP contribution in [0.3, 0.4) is 0 Å². The first kappa shape index (κ1) is 28.7. The molecule has 3 aromatic rings. The van der Waals surface area contributed by atoms with Crippen LogP contribution in [0.1, 0.15) is 43.3 Å². The highest BCUT2D eigenvalue weighted by molar-refractivity contribution is 5.83. The van der Waals surface area contributed by atoms with E-state index in [1.807, 2.05) is 0 Å². The van der Waals surface area contributed by atoms with E-state index in [0.717, 1.165) is 12.8 Å². The number of nitrogens with two attached hydrogens (primary N) is 1. The first-order chi connectivity index (χ1) is 20.7. The molecule has 0 bridgehead atoms. The summed E-state index contributed by atoms with van der Waals surface area (Å²) in [4.78, 5) is 50.4. The second-order valence-electron chi connectivity index (χ2n) is 11.2. The van der Waals surface area contributed by atoms with E-state index in [1.165, 1.54) is 23.0 Å². The minimum atomic E-state index is -1.43. The number of aliphatic hydroxyl groups is 2. The number of amides is 2. The van der Waals surface area contributed by atoms with Crippen molar-refractivity contribution in [1.82, 2.24) is 29.7 Å². The highest BCUT2D eigenvalue weighted by Crippen LogP contribution is 2.33. The molecule has 2 aliphatic heterocycles. The lowest BCUT2D eigenvalue weighted by atomic mass is 9.93. The number of nitro groups is 1. The Morgan fingerprint density at radius 3 is 2.51 bits per heavy atom. The number of nitrogen functional groups attached to an aromatic ring is 1. The quantitative estimate of drug-likeness (QED) is 0.209. The first-order valence-electron chi connectivity index (χ1n) is 14.1. The number of imidazole rings is 1. The van der Waals surface area contributed by atoms with Crippen LogP contribution in [0, 0.1) is 16.0 Å². The number of nitrogens with one attached hydrogen (secondary N) is 1. The number of aromatic nitrogens is 4. The number of nitrogens with zero attached hydrogens (tertiary/aromatic N) is 6. The number of piperidine rings is 1. The molecular weight excluding hydrogens is 564 g/mol.